The molecule has 0 radical (unpaired) electrons. The fraction of sp³-hybridized carbons (Fsp3) is 0.0667. The van der Waals surface area contributed by atoms with Crippen molar-refractivity contribution in [1.29, 1.82) is 0 Å². The van der Waals surface area contributed by atoms with Gasteiger partial charge in [0.1, 0.15) is 5.75 Å². The van der Waals surface area contributed by atoms with E-state index in [2.05, 4.69) is 0 Å². The maximum atomic E-state index is 11.9. The molecule has 114 valence electrons. The van der Waals surface area contributed by atoms with Gasteiger partial charge < -0.3 is 14.4 Å². The van der Waals surface area contributed by atoms with Crippen LogP contribution in [0.2, 0.25) is 0 Å². The van der Waals surface area contributed by atoms with Gasteiger partial charge in [0, 0.05) is 0 Å². The van der Waals surface area contributed by atoms with Crippen molar-refractivity contribution in [3.8, 4) is 5.75 Å². The first-order valence-corrected chi connectivity index (χ1v) is 7.42. The maximum Gasteiger partial charge on any atom is 0.335 e. The van der Waals surface area contributed by atoms with Crippen LogP contribution in [0.4, 0.5) is 0 Å². The van der Waals surface area contributed by atoms with Crippen LogP contribution >= 0.6 is 0 Å². The zero-order chi connectivity index (χ0) is 16.1. The molecule has 2 aromatic carbocycles. The van der Waals surface area contributed by atoms with Gasteiger partial charge in [0.05, 0.1) is 16.9 Å². The molecule has 0 saturated carbocycles. The molecule has 0 heterocycles. The number of hydrogen-bond donors (Lipinski definition) is 2. The van der Waals surface area contributed by atoms with Crippen LogP contribution in [-0.4, -0.2) is 26.4 Å². The summed E-state index contributed by atoms with van der Waals surface area (Å²) in [5.41, 5.74) is 0.298. The quantitative estimate of drug-likeness (QED) is 0.847. The second kappa shape index (κ2) is 6.86. The molecule has 7 heteroatoms. The average Bonchev–Trinajstić information content (AvgIpc) is 2.47. The molecule has 1 unspecified atom stereocenters. The molecule has 2 rings (SSSR count). The van der Waals surface area contributed by atoms with Crippen LogP contribution in [0.3, 0.4) is 0 Å². The van der Waals surface area contributed by atoms with Crippen molar-refractivity contribution in [3.05, 3.63) is 65.2 Å². The predicted octanol–water partition coefficient (Wildman–Crippen LogP) is 2.33. The van der Waals surface area contributed by atoms with E-state index in [0.717, 1.165) is 23.8 Å². The van der Waals surface area contributed by atoms with E-state index in [4.69, 9.17) is 14.4 Å². The summed E-state index contributed by atoms with van der Waals surface area (Å²) in [5.74, 6) is -2.53. The van der Waals surface area contributed by atoms with Gasteiger partial charge in [-0.3, -0.25) is 0 Å². The van der Waals surface area contributed by atoms with Gasteiger partial charge in [-0.15, -0.1) is 0 Å². The second-order valence-electron chi connectivity index (χ2n) is 4.37. The Morgan fingerprint density at radius 1 is 0.955 bits per heavy atom. The standard InChI is InChI=1S/C15H12O6S/c16-14(17)11-6-12(15(18)19)8-13(7-11)21-22(20)9-10-4-2-1-3-5-10/h1-8H,9H2,(H,16,17)(H,18,19). The molecule has 0 bridgehead atoms. The highest BCUT2D eigenvalue weighted by atomic mass is 32.2. The zero-order valence-corrected chi connectivity index (χ0v) is 12.1. The van der Waals surface area contributed by atoms with Crippen molar-refractivity contribution >= 4 is 23.0 Å². The smallest absolute Gasteiger partial charge is 0.335 e. The van der Waals surface area contributed by atoms with Crippen LogP contribution in [0.1, 0.15) is 26.3 Å². The second-order valence-corrected chi connectivity index (χ2v) is 5.44. The van der Waals surface area contributed by atoms with Crippen molar-refractivity contribution in [2.75, 3.05) is 0 Å². The Morgan fingerprint density at radius 3 is 2.00 bits per heavy atom. The highest BCUT2D eigenvalue weighted by molar-refractivity contribution is 7.79. The third-order valence-corrected chi connectivity index (χ3v) is 3.66. The normalized spacial score (nSPS) is 11.6. The summed E-state index contributed by atoms with van der Waals surface area (Å²) in [7, 11) is 0. The molecule has 1 atom stereocenters. The molecule has 0 aliphatic heterocycles. The minimum absolute atomic E-state index is 0.0634. The Hall–Kier alpha value is -2.67. The molecule has 0 amide bonds. The third kappa shape index (κ3) is 4.16. The molecule has 6 nitrogen and oxygen atoms in total. The summed E-state index contributed by atoms with van der Waals surface area (Å²) >= 11 is -1.75. The molecule has 0 aliphatic carbocycles. The maximum absolute atomic E-state index is 11.9. The molecular formula is C15H12O6S. The van der Waals surface area contributed by atoms with Crippen LogP contribution in [0.15, 0.2) is 48.5 Å². The minimum atomic E-state index is -1.75. The Bertz CT molecular complexity index is 694. The van der Waals surface area contributed by atoms with Gasteiger partial charge in [-0.25, -0.2) is 13.8 Å². The molecule has 0 aliphatic rings. The minimum Gasteiger partial charge on any atom is -0.478 e. The van der Waals surface area contributed by atoms with E-state index in [1.54, 1.807) is 24.3 Å². The van der Waals surface area contributed by atoms with Crippen molar-refractivity contribution in [2.24, 2.45) is 0 Å². The largest absolute Gasteiger partial charge is 0.478 e. The Morgan fingerprint density at radius 2 is 1.50 bits per heavy atom. The molecule has 0 saturated heterocycles. The molecule has 2 N–H and O–H groups in total. The third-order valence-electron chi connectivity index (χ3n) is 2.72. The zero-order valence-electron chi connectivity index (χ0n) is 11.3. The molecule has 0 fully saturated rings. The number of benzene rings is 2. The molecule has 0 spiro atoms. The van der Waals surface area contributed by atoms with Crippen molar-refractivity contribution < 1.29 is 28.2 Å². The van der Waals surface area contributed by atoms with Gasteiger partial charge in [-0.2, -0.15) is 0 Å². The van der Waals surface area contributed by atoms with Gasteiger partial charge in [0.15, 0.2) is 0 Å². The Balaban J connectivity index is 2.19. The van der Waals surface area contributed by atoms with E-state index in [1.807, 2.05) is 6.07 Å². The summed E-state index contributed by atoms with van der Waals surface area (Å²) in [4.78, 5) is 22.0. The van der Waals surface area contributed by atoms with Gasteiger partial charge in [-0.05, 0) is 23.8 Å². The highest BCUT2D eigenvalue weighted by Crippen LogP contribution is 2.19. The van der Waals surface area contributed by atoms with Crippen molar-refractivity contribution in [2.45, 2.75) is 5.75 Å². The summed E-state index contributed by atoms with van der Waals surface area (Å²) in [6.45, 7) is 0. The lowest BCUT2D eigenvalue weighted by atomic mass is 10.1. The van der Waals surface area contributed by atoms with E-state index < -0.39 is 23.0 Å². The van der Waals surface area contributed by atoms with Gasteiger partial charge >= 0.3 is 11.9 Å². The molecular weight excluding hydrogens is 308 g/mol. The summed E-state index contributed by atoms with van der Waals surface area (Å²) < 4.78 is 17.1. The number of carbonyl (C=O) groups is 2. The number of hydrogen-bond acceptors (Lipinski definition) is 4. The summed E-state index contributed by atoms with van der Waals surface area (Å²) in [6, 6.07) is 12.2. The van der Waals surface area contributed by atoms with Crippen LogP contribution in [0, 0.1) is 0 Å². The lowest BCUT2D eigenvalue weighted by Crippen LogP contribution is -2.07. The molecule has 22 heavy (non-hydrogen) atoms. The fourth-order valence-electron chi connectivity index (χ4n) is 1.74. The van der Waals surface area contributed by atoms with Crippen LogP contribution in [0.25, 0.3) is 0 Å². The van der Waals surface area contributed by atoms with E-state index >= 15 is 0 Å². The Kier molecular flexibility index (Phi) is 4.90. The van der Waals surface area contributed by atoms with Gasteiger partial charge in [-0.1, -0.05) is 30.3 Å². The van der Waals surface area contributed by atoms with Crippen molar-refractivity contribution in [1.82, 2.24) is 0 Å². The summed E-state index contributed by atoms with van der Waals surface area (Å²) in [5, 5.41) is 17.9. The van der Waals surface area contributed by atoms with Gasteiger partial charge in [0.25, 0.3) is 0 Å². The van der Waals surface area contributed by atoms with Crippen LogP contribution in [0.5, 0.6) is 5.75 Å². The number of carboxylic acid groups (broad SMARTS) is 2. The molecule has 0 aromatic heterocycles. The summed E-state index contributed by atoms with van der Waals surface area (Å²) in [6.07, 6.45) is 0. The lowest BCUT2D eigenvalue weighted by molar-refractivity contribution is 0.0696. The van der Waals surface area contributed by atoms with Gasteiger partial charge in [0.2, 0.25) is 11.1 Å². The van der Waals surface area contributed by atoms with E-state index in [0.29, 0.717) is 0 Å². The average molecular weight is 320 g/mol. The number of rotatable bonds is 6. The SMILES string of the molecule is O=C(O)c1cc(OS(=O)Cc2ccccc2)cc(C(=O)O)c1. The monoisotopic (exact) mass is 320 g/mol. The first-order valence-electron chi connectivity index (χ1n) is 6.18. The van der Waals surface area contributed by atoms with Crippen LogP contribution < -0.4 is 4.18 Å². The van der Waals surface area contributed by atoms with Crippen LogP contribution in [-0.2, 0) is 16.8 Å². The lowest BCUT2D eigenvalue weighted by Gasteiger charge is -2.07. The highest BCUT2D eigenvalue weighted by Gasteiger charge is 2.14. The van der Waals surface area contributed by atoms with E-state index in [9.17, 15) is 13.8 Å². The Labute approximate surface area is 128 Å². The number of aromatic carboxylic acids is 2. The predicted molar refractivity (Wildman–Crippen MR) is 79.3 cm³/mol. The van der Waals surface area contributed by atoms with E-state index in [1.165, 1.54) is 0 Å². The first kappa shape index (κ1) is 15.7. The topological polar surface area (TPSA) is 101 Å². The van der Waals surface area contributed by atoms with E-state index in [-0.39, 0.29) is 22.6 Å². The first-order chi connectivity index (χ1) is 10.5. The van der Waals surface area contributed by atoms with Crippen molar-refractivity contribution in [3.63, 3.8) is 0 Å². The number of carboxylic acids is 2. The fourth-order valence-corrected chi connectivity index (χ4v) is 2.58. The molecule has 2 aromatic rings.